The van der Waals surface area contributed by atoms with Gasteiger partial charge in [0.1, 0.15) is 5.82 Å². The maximum atomic E-state index is 12.9. The number of amides is 1. The van der Waals surface area contributed by atoms with Gasteiger partial charge in [0.25, 0.3) is 5.91 Å². The molecule has 0 aliphatic heterocycles. The Kier molecular flexibility index (Phi) is 3.48. The number of nitrogen functional groups attached to an aromatic ring is 1. The second-order valence-corrected chi connectivity index (χ2v) is 4.07. The summed E-state index contributed by atoms with van der Waals surface area (Å²) in [7, 11) is 0. The minimum Gasteiger partial charge on any atom is -0.398 e. The lowest BCUT2D eigenvalue weighted by atomic mass is 10.1. The zero-order valence-corrected chi connectivity index (χ0v) is 10.0. The van der Waals surface area contributed by atoms with E-state index in [9.17, 15) is 9.18 Å². The van der Waals surface area contributed by atoms with E-state index in [1.807, 2.05) is 0 Å². The number of anilines is 2. The van der Waals surface area contributed by atoms with Crippen LogP contribution in [-0.2, 0) is 0 Å². The van der Waals surface area contributed by atoms with E-state index in [0.717, 1.165) is 6.07 Å². The third-order valence-corrected chi connectivity index (χ3v) is 2.71. The number of nitrogens with two attached hydrogens (primary N) is 1. The molecule has 18 heavy (non-hydrogen) atoms. The van der Waals surface area contributed by atoms with E-state index in [1.54, 1.807) is 24.3 Å². The number of halogens is 2. The fraction of sp³-hybridized carbons (Fsp3) is 0. The van der Waals surface area contributed by atoms with Gasteiger partial charge in [-0.15, -0.1) is 0 Å². The Labute approximate surface area is 108 Å². The van der Waals surface area contributed by atoms with Gasteiger partial charge in [0.15, 0.2) is 0 Å². The highest BCUT2D eigenvalue weighted by Crippen LogP contribution is 2.22. The van der Waals surface area contributed by atoms with E-state index < -0.39 is 11.7 Å². The predicted molar refractivity (Wildman–Crippen MR) is 70.2 cm³/mol. The van der Waals surface area contributed by atoms with Gasteiger partial charge < -0.3 is 11.1 Å². The van der Waals surface area contributed by atoms with Crippen molar-refractivity contribution in [3.63, 3.8) is 0 Å². The Morgan fingerprint density at radius 1 is 1.22 bits per heavy atom. The molecule has 3 nitrogen and oxygen atoms in total. The van der Waals surface area contributed by atoms with Crippen LogP contribution >= 0.6 is 11.6 Å². The van der Waals surface area contributed by atoms with Crippen molar-refractivity contribution in [1.29, 1.82) is 0 Å². The molecule has 0 spiro atoms. The Morgan fingerprint density at radius 3 is 2.61 bits per heavy atom. The number of hydrogen-bond donors (Lipinski definition) is 2. The average Bonchev–Trinajstić information content (AvgIpc) is 2.32. The molecule has 0 atom stereocenters. The third-order valence-electron chi connectivity index (χ3n) is 2.38. The molecule has 1 amide bonds. The first-order chi connectivity index (χ1) is 8.58. The number of hydrogen-bond acceptors (Lipinski definition) is 2. The van der Waals surface area contributed by atoms with Gasteiger partial charge in [0.05, 0.1) is 16.3 Å². The lowest BCUT2D eigenvalue weighted by molar-refractivity contribution is 0.102. The van der Waals surface area contributed by atoms with Crippen molar-refractivity contribution >= 4 is 28.9 Å². The first kappa shape index (κ1) is 12.4. The fourth-order valence-corrected chi connectivity index (χ4v) is 1.68. The van der Waals surface area contributed by atoms with Gasteiger partial charge in [-0.25, -0.2) is 4.39 Å². The highest BCUT2D eigenvalue weighted by molar-refractivity contribution is 6.34. The fourth-order valence-electron chi connectivity index (χ4n) is 1.49. The number of carbonyl (C=O) groups excluding carboxylic acids is 1. The SMILES string of the molecule is Nc1cc(F)ccc1C(=O)Nc1ccccc1Cl. The molecule has 0 heterocycles. The molecule has 0 bridgehead atoms. The third kappa shape index (κ3) is 2.60. The smallest absolute Gasteiger partial charge is 0.257 e. The molecular formula is C13H10ClFN2O. The van der Waals surface area contributed by atoms with Crippen molar-refractivity contribution in [2.75, 3.05) is 11.1 Å². The van der Waals surface area contributed by atoms with Gasteiger partial charge in [-0.3, -0.25) is 4.79 Å². The highest BCUT2D eigenvalue weighted by Gasteiger charge is 2.11. The number of benzene rings is 2. The van der Waals surface area contributed by atoms with Gasteiger partial charge in [0.2, 0.25) is 0 Å². The Morgan fingerprint density at radius 2 is 1.94 bits per heavy atom. The van der Waals surface area contributed by atoms with Gasteiger partial charge in [-0.1, -0.05) is 23.7 Å². The van der Waals surface area contributed by atoms with E-state index in [0.29, 0.717) is 10.7 Å². The van der Waals surface area contributed by atoms with Gasteiger partial charge >= 0.3 is 0 Å². The maximum Gasteiger partial charge on any atom is 0.257 e. The van der Waals surface area contributed by atoms with Crippen LogP contribution in [0.25, 0.3) is 0 Å². The van der Waals surface area contributed by atoms with Crippen LogP contribution in [0.5, 0.6) is 0 Å². The molecule has 0 aliphatic rings. The molecule has 2 aromatic rings. The van der Waals surface area contributed by atoms with Crippen LogP contribution < -0.4 is 11.1 Å². The van der Waals surface area contributed by atoms with Crippen molar-refractivity contribution in [1.82, 2.24) is 0 Å². The van der Waals surface area contributed by atoms with Crippen LogP contribution in [0.3, 0.4) is 0 Å². The summed E-state index contributed by atoms with van der Waals surface area (Å²) in [5.41, 5.74) is 6.35. The van der Waals surface area contributed by atoms with Crippen LogP contribution in [0.2, 0.25) is 5.02 Å². The summed E-state index contributed by atoms with van der Waals surface area (Å²) < 4.78 is 12.9. The van der Waals surface area contributed by atoms with Gasteiger partial charge in [-0.2, -0.15) is 0 Å². The summed E-state index contributed by atoms with van der Waals surface area (Å²) >= 11 is 5.91. The molecule has 5 heteroatoms. The molecule has 92 valence electrons. The lowest BCUT2D eigenvalue weighted by Crippen LogP contribution is -2.14. The zero-order valence-electron chi connectivity index (χ0n) is 9.28. The van der Waals surface area contributed by atoms with E-state index in [2.05, 4.69) is 5.32 Å². The van der Waals surface area contributed by atoms with Crippen molar-refractivity contribution in [3.05, 3.63) is 58.9 Å². The first-order valence-electron chi connectivity index (χ1n) is 5.19. The van der Waals surface area contributed by atoms with Gasteiger partial charge in [0, 0.05) is 5.69 Å². The Hall–Kier alpha value is -2.07. The molecule has 0 aliphatic carbocycles. The zero-order chi connectivity index (χ0) is 13.1. The molecule has 0 fully saturated rings. The van der Waals surface area contributed by atoms with Crippen LogP contribution in [-0.4, -0.2) is 5.91 Å². The normalized spacial score (nSPS) is 10.1. The molecule has 2 aromatic carbocycles. The monoisotopic (exact) mass is 264 g/mol. The molecular weight excluding hydrogens is 255 g/mol. The van der Waals surface area contributed by atoms with Crippen molar-refractivity contribution in [3.8, 4) is 0 Å². The number of para-hydroxylation sites is 1. The van der Waals surface area contributed by atoms with Crippen LogP contribution in [0.15, 0.2) is 42.5 Å². The van der Waals surface area contributed by atoms with Gasteiger partial charge in [-0.05, 0) is 30.3 Å². The molecule has 0 saturated carbocycles. The summed E-state index contributed by atoms with van der Waals surface area (Å²) in [6.45, 7) is 0. The summed E-state index contributed by atoms with van der Waals surface area (Å²) in [6.07, 6.45) is 0. The second kappa shape index (κ2) is 5.06. The minimum atomic E-state index is -0.484. The van der Waals surface area contributed by atoms with Crippen LogP contribution in [0.4, 0.5) is 15.8 Å². The molecule has 0 unspecified atom stereocenters. The van der Waals surface area contributed by atoms with Crippen molar-refractivity contribution in [2.24, 2.45) is 0 Å². The van der Waals surface area contributed by atoms with Crippen molar-refractivity contribution in [2.45, 2.75) is 0 Å². The van der Waals surface area contributed by atoms with E-state index in [-0.39, 0.29) is 11.3 Å². The van der Waals surface area contributed by atoms with E-state index >= 15 is 0 Å². The largest absolute Gasteiger partial charge is 0.398 e. The number of rotatable bonds is 2. The quantitative estimate of drug-likeness (QED) is 0.818. The number of nitrogens with one attached hydrogen (secondary N) is 1. The van der Waals surface area contributed by atoms with E-state index in [4.69, 9.17) is 17.3 Å². The Balaban J connectivity index is 2.25. The molecule has 0 aromatic heterocycles. The van der Waals surface area contributed by atoms with Crippen LogP contribution in [0.1, 0.15) is 10.4 Å². The topological polar surface area (TPSA) is 55.1 Å². The first-order valence-corrected chi connectivity index (χ1v) is 5.56. The van der Waals surface area contributed by atoms with Crippen LogP contribution in [0, 0.1) is 5.82 Å². The lowest BCUT2D eigenvalue weighted by Gasteiger charge is -2.08. The van der Waals surface area contributed by atoms with Crippen molar-refractivity contribution < 1.29 is 9.18 Å². The number of carbonyl (C=O) groups is 1. The second-order valence-electron chi connectivity index (χ2n) is 3.67. The average molecular weight is 265 g/mol. The molecule has 0 saturated heterocycles. The summed E-state index contributed by atoms with van der Waals surface area (Å²) in [4.78, 5) is 11.9. The predicted octanol–water partition coefficient (Wildman–Crippen LogP) is 3.31. The van der Waals surface area contributed by atoms with E-state index in [1.165, 1.54) is 12.1 Å². The molecule has 3 N–H and O–H groups in total. The minimum absolute atomic E-state index is 0.0829. The Bertz CT molecular complexity index is 601. The highest BCUT2D eigenvalue weighted by atomic mass is 35.5. The molecule has 2 rings (SSSR count). The summed E-state index contributed by atoms with van der Waals surface area (Å²) in [6, 6.07) is 10.4. The maximum absolute atomic E-state index is 12.9. The summed E-state index contributed by atoms with van der Waals surface area (Å²) in [5.74, 6) is -0.914. The molecule has 0 radical (unpaired) electrons. The summed E-state index contributed by atoms with van der Waals surface area (Å²) in [5, 5.41) is 3.04. The standard InChI is InChI=1S/C13H10ClFN2O/c14-10-3-1-2-4-12(10)17-13(18)9-6-5-8(15)7-11(9)16/h1-7H,16H2,(H,17,18).